The van der Waals surface area contributed by atoms with E-state index in [1.165, 1.54) is 0 Å². The molecule has 0 aliphatic rings. The second-order valence-electron chi connectivity index (χ2n) is 4.76. The van der Waals surface area contributed by atoms with Crippen LogP contribution in [0.1, 0.15) is 26.3 Å². The van der Waals surface area contributed by atoms with Gasteiger partial charge in [0.15, 0.2) is 0 Å². The maximum absolute atomic E-state index is 11.6. The third-order valence-corrected chi connectivity index (χ3v) is 2.24. The Morgan fingerprint density at radius 2 is 2.17 bits per heavy atom. The van der Waals surface area contributed by atoms with Gasteiger partial charge in [-0.05, 0) is 39.0 Å². The summed E-state index contributed by atoms with van der Waals surface area (Å²) in [6, 6.07) is 5.07. The van der Waals surface area contributed by atoms with Gasteiger partial charge in [0.2, 0.25) is 6.54 Å². The van der Waals surface area contributed by atoms with Gasteiger partial charge >= 0.3 is 6.09 Å². The summed E-state index contributed by atoms with van der Waals surface area (Å²) in [6.45, 7) is 12.4. The van der Waals surface area contributed by atoms with E-state index < -0.39 is 11.7 Å². The smallest absolute Gasteiger partial charge is 0.412 e. The van der Waals surface area contributed by atoms with Crippen molar-refractivity contribution < 1.29 is 9.53 Å². The lowest BCUT2D eigenvalue weighted by Crippen LogP contribution is -2.27. The summed E-state index contributed by atoms with van der Waals surface area (Å²) in [4.78, 5) is 14.8. The summed E-state index contributed by atoms with van der Waals surface area (Å²) in [6.07, 6.45) is -0.553. The molecule has 1 aromatic carbocycles. The number of benzene rings is 1. The summed E-state index contributed by atoms with van der Waals surface area (Å²) in [5, 5.41) is 2.96. The first-order valence-electron chi connectivity index (χ1n) is 5.43. The van der Waals surface area contributed by atoms with Gasteiger partial charge in [-0.3, -0.25) is 5.32 Å². The second-order valence-corrected chi connectivity index (χ2v) is 5.16. The van der Waals surface area contributed by atoms with Crippen LogP contribution in [-0.4, -0.2) is 11.7 Å². The number of rotatable bonds is 2. The van der Waals surface area contributed by atoms with Crippen LogP contribution in [0.15, 0.2) is 18.2 Å². The zero-order valence-electron chi connectivity index (χ0n) is 10.6. The molecule has 1 rings (SSSR count). The van der Waals surface area contributed by atoms with Crippen molar-refractivity contribution in [2.45, 2.75) is 32.9 Å². The van der Waals surface area contributed by atoms with Gasteiger partial charge in [-0.2, -0.15) is 0 Å². The lowest BCUT2D eigenvalue weighted by molar-refractivity contribution is 0.0636. The van der Waals surface area contributed by atoms with E-state index in [2.05, 4.69) is 10.2 Å². The highest BCUT2D eigenvalue weighted by atomic mass is 35.5. The van der Waals surface area contributed by atoms with Crippen molar-refractivity contribution in [1.82, 2.24) is 0 Å². The first kappa shape index (κ1) is 14.3. The molecule has 0 spiro atoms. The van der Waals surface area contributed by atoms with E-state index in [0.717, 1.165) is 5.56 Å². The summed E-state index contributed by atoms with van der Waals surface area (Å²) in [5.41, 5.74) is 0.727. The van der Waals surface area contributed by atoms with Crippen molar-refractivity contribution in [1.29, 1.82) is 0 Å². The van der Waals surface area contributed by atoms with Crippen LogP contribution in [0.5, 0.6) is 0 Å². The number of ether oxygens (including phenoxy) is 1. The lowest BCUT2D eigenvalue weighted by Gasteiger charge is -2.20. The van der Waals surface area contributed by atoms with Crippen LogP contribution in [0.25, 0.3) is 4.85 Å². The summed E-state index contributed by atoms with van der Waals surface area (Å²) in [7, 11) is 0. The Kier molecular flexibility index (Phi) is 4.57. The van der Waals surface area contributed by atoms with Crippen LogP contribution in [-0.2, 0) is 11.3 Å². The minimum Gasteiger partial charge on any atom is -0.444 e. The lowest BCUT2D eigenvalue weighted by atomic mass is 10.2. The minimum absolute atomic E-state index is 0.270. The number of amides is 1. The van der Waals surface area contributed by atoms with Gasteiger partial charge in [-0.1, -0.05) is 11.6 Å². The molecule has 1 amide bonds. The Morgan fingerprint density at radius 3 is 2.67 bits per heavy atom. The third kappa shape index (κ3) is 4.64. The van der Waals surface area contributed by atoms with Gasteiger partial charge in [-0.25, -0.2) is 11.4 Å². The molecule has 96 valence electrons. The molecule has 0 aromatic heterocycles. The quantitative estimate of drug-likeness (QED) is 0.819. The SMILES string of the molecule is [C-]#[N+]Cc1ccc(NC(=O)OC(C)(C)C)c(Cl)c1. The fourth-order valence-corrected chi connectivity index (χ4v) is 1.51. The van der Waals surface area contributed by atoms with E-state index in [-0.39, 0.29) is 6.54 Å². The molecule has 5 heteroatoms. The average molecular weight is 267 g/mol. The fraction of sp³-hybridized carbons (Fsp3) is 0.385. The topological polar surface area (TPSA) is 42.7 Å². The molecular weight excluding hydrogens is 252 g/mol. The first-order valence-corrected chi connectivity index (χ1v) is 5.81. The molecule has 0 bridgehead atoms. The van der Waals surface area contributed by atoms with Crippen molar-refractivity contribution in [3.8, 4) is 0 Å². The summed E-state index contributed by atoms with van der Waals surface area (Å²) < 4.78 is 5.12. The maximum Gasteiger partial charge on any atom is 0.412 e. The van der Waals surface area contributed by atoms with Gasteiger partial charge in [0.1, 0.15) is 5.60 Å². The molecular formula is C13H15ClN2O2. The van der Waals surface area contributed by atoms with E-state index in [1.54, 1.807) is 39.0 Å². The number of anilines is 1. The van der Waals surface area contributed by atoms with Crippen molar-refractivity contribution in [3.05, 3.63) is 40.2 Å². The average Bonchev–Trinajstić information content (AvgIpc) is 2.20. The number of carbonyl (C=O) groups is 1. The predicted molar refractivity (Wildman–Crippen MR) is 71.6 cm³/mol. The Hall–Kier alpha value is -1.73. The highest BCUT2D eigenvalue weighted by molar-refractivity contribution is 6.33. The number of nitrogens with one attached hydrogen (secondary N) is 1. The molecule has 1 aromatic rings. The molecule has 0 aliphatic heterocycles. The van der Waals surface area contributed by atoms with Crippen LogP contribution in [0.4, 0.5) is 10.5 Å². The van der Waals surface area contributed by atoms with Crippen LogP contribution < -0.4 is 5.32 Å². The molecule has 18 heavy (non-hydrogen) atoms. The molecule has 0 aliphatic carbocycles. The Labute approximate surface area is 112 Å². The van der Waals surface area contributed by atoms with Crippen LogP contribution in [0.2, 0.25) is 5.02 Å². The van der Waals surface area contributed by atoms with E-state index >= 15 is 0 Å². The first-order chi connectivity index (χ1) is 8.31. The van der Waals surface area contributed by atoms with Gasteiger partial charge in [0, 0.05) is 5.56 Å². The normalized spacial score (nSPS) is 10.6. The van der Waals surface area contributed by atoms with Gasteiger partial charge in [-0.15, -0.1) is 0 Å². The van der Waals surface area contributed by atoms with Gasteiger partial charge in [0.05, 0.1) is 10.7 Å². The number of hydrogen-bond donors (Lipinski definition) is 1. The number of halogens is 1. The maximum atomic E-state index is 11.6. The van der Waals surface area contributed by atoms with Crippen LogP contribution >= 0.6 is 11.6 Å². The number of carbonyl (C=O) groups excluding carboxylic acids is 1. The van der Waals surface area contributed by atoms with E-state index in [4.69, 9.17) is 22.9 Å². The molecule has 0 saturated heterocycles. The highest BCUT2D eigenvalue weighted by Crippen LogP contribution is 2.24. The number of nitrogens with zero attached hydrogens (tertiary/aromatic N) is 1. The molecule has 0 atom stereocenters. The van der Waals surface area contributed by atoms with E-state index in [0.29, 0.717) is 10.7 Å². The van der Waals surface area contributed by atoms with Gasteiger partial charge in [0.25, 0.3) is 0 Å². The van der Waals surface area contributed by atoms with Crippen LogP contribution in [0.3, 0.4) is 0 Å². The standard InChI is InChI=1S/C13H15ClN2O2/c1-13(2,3)18-12(17)16-11-6-5-9(8-15-4)7-10(11)14/h5-7H,8H2,1-3H3,(H,16,17). The van der Waals surface area contributed by atoms with Gasteiger partial charge < -0.3 is 9.58 Å². The fourth-order valence-electron chi connectivity index (χ4n) is 1.26. The number of hydrogen-bond acceptors (Lipinski definition) is 2. The minimum atomic E-state index is -0.555. The third-order valence-electron chi connectivity index (χ3n) is 1.93. The van der Waals surface area contributed by atoms with Crippen molar-refractivity contribution in [2.75, 3.05) is 5.32 Å². The van der Waals surface area contributed by atoms with Crippen molar-refractivity contribution in [3.63, 3.8) is 0 Å². The highest BCUT2D eigenvalue weighted by Gasteiger charge is 2.17. The Morgan fingerprint density at radius 1 is 1.50 bits per heavy atom. The zero-order valence-corrected chi connectivity index (χ0v) is 11.3. The molecule has 1 N–H and O–H groups in total. The van der Waals surface area contributed by atoms with Crippen molar-refractivity contribution >= 4 is 23.4 Å². The second kappa shape index (κ2) is 5.74. The Balaban J connectivity index is 2.74. The van der Waals surface area contributed by atoms with E-state index in [1.807, 2.05) is 0 Å². The summed E-state index contributed by atoms with van der Waals surface area (Å²) in [5.74, 6) is 0. The molecule has 0 fully saturated rings. The molecule has 0 heterocycles. The molecule has 0 radical (unpaired) electrons. The molecule has 0 saturated carbocycles. The van der Waals surface area contributed by atoms with Crippen LogP contribution in [0, 0.1) is 6.57 Å². The van der Waals surface area contributed by atoms with Crippen molar-refractivity contribution in [2.24, 2.45) is 0 Å². The van der Waals surface area contributed by atoms with E-state index in [9.17, 15) is 4.79 Å². The molecule has 0 unspecified atom stereocenters. The Bertz CT molecular complexity index is 487. The monoisotopic (exact) mass is 266 g/mol. The zero-order chi connectivity index (χ0) is 13.8. The summed E-state index contributed by atoms with van der Waals surface area (Å²) >= 11 is 6.01. The predicted octanol–water partition coefficient (Wildman–Crippen LogP) is 4.11. The largest absolute Gasteiger partial charge is 0.444 e. The molecule has 4 nitrogen and oxygen atoms in total.